The molecule has 0 bridgehead atoms. The summed E-state index contributed by atoms with van der Waals surface area (Å²) in [4.78, 5) is 22.5. The first-order chi connectivity index (χ1) is 7.16. The lowest BCUT2D eigenvalue weighted by Crippen LogP contribution is -2.49. The van der Waals surface area contributed by atoms with Gasteiger partial charge in [-0.15, -0.1) is 0 Å². The first kappa shape index (κ1) is 13.0. The van der Waals surface area contributed by atoms with Crippen LogP contribution in [-0.4, -0.2) is 34.2 Å². The third-order valence-corrected chi connectivity index (χ3v) is 2.40. The topological polar surface area (TPSA) is 75.6 Å². The van der Waals surface area contributed by atoms with Gasteiger partial charge in [-0.25, -0.2) is 0 Å². The highest BCUT2D eigenvalue weighted by Crippen LogP contribution is 2.38. The Morgan fingerprint density at radius 1 is 1.38 bits per heavy atom. The summed E-state index contributed by atoms with van der Waals surface area (Å²) in [7, 11) is 0. The zero-order chi connectivity index (χ0) is 12.6. The number of hydrogen-bond donors (Lipinski definition) is 2. The maximum Gasteiger partial charge on any atom is 0.326 e. The lowest BCUT2D eigenvalue weighted by Gasteiger charge is -2.25. The van der Waals surface area contributed by atoms with Crippen LogP contribution in [0.4, 0.5) is 0 Å². The van der Waals surface area contributed by atoms with Crippen molar-refractivity contribution in [3.8, 4) is 0 Å². The first-order valence-corrected chi connectivity index (χ1v) is 5.40. The van der Waals surface area contributed by atoms with Gasteiger partial charge in [0, 0.05) is 0 Å². The molecule has 1 aliphatic carbocycles. The number of carboxylic acids is 1. The van der Waals surface area contributed by atoms with Crippen LogP contribution in [0.1, 0.15) is 40.5 Å². The zero-order valence-corrected chi connectivity index (χ0v) is 10.2. The van der Waals surface area contributed by atoms with Crippen molar-refractivity contribution in [2.24, 2.45) is 0 Å². The highest BCUT2D eigenvalue weighted by molar-refractivity contribution is 5.86. The summed E-state index contributed by atoms with van der Waals surface area (Å²) < 4.78 is 5.25. The van der Waals surface area contributed by atoms with E-state index >= 15 is 0 Å². The highest BCUT2D eigenvalue weighted by Gasteiger charge is 2.53. The Morgan fingerprint density at radius 3 is 2.19 bits per heavy atom. The van der Waals surface area contributed by atoms with Gasteiger partial charge in [0.2, 0.25) is 0 Å². The van der Waals surface area contributed by atoms with Gasteiger partial charge < -0.3 is 9.84 Å². The van der Waals surface area contributed by atoms with Gasteiger partial charge in [0.05, 0.1) is 0 Å². The second kappa shape index (κ2) is 4.05. The van der Waals surface area contributed by atoms with Crippen LogP contribution in [0.15, 0.2) is 0 Å². The Balaban J connectivity index is 2.58. The molecule has 16 heavy (non-hydrogen) atoms. The molecule has 92 valence electrons. The number of carbonyl (C=O) groups excluding carboxylic acids is 1. The maximum atomic E-state index is 11.8. The second-order valence-corrected chi connectivity index (χ2v) is 5.29. The molecule has 0 amide bonds. The van der Waals surface area contributed by atoms with E-state index in [1.807, 2.05) is 0 Å². The normalized spacial score (nSPS) is 20.0. The predicted molar refractivity (Wildman–Crippen MR) is 58.0 cm³/mol. The number of carbonyl (C=O) groups is 2. The van der Waals surface area contributed by atoms with Crippen LogP contribution < -0.4 is 5.32 Å². The Morgan fingerprint density at radius 2 is 1.88 bits per heavy atom. The van der Waals surface area contributed by atoms with Gasteiger partial charge in [-0.3, -0.25) is 14.9 Å². The van der Waals surface area contributed by atoms with E-state index in [4.69, 9.17) is 9.84 Å². The zero-order valence-electron chi connectivity index (χ0n) is 10.2. The molecule has 0 radical (unpaired) electrons. The summed E-state index contributed by atoms with van der Waals surface area (Å²) in [5.74, 6) is -1.32. The molecule has 0 aromatic heterocycles. The van der Waals surface area contributed by atoms with Crippen molar-refractivity contribution in [2.45, 2.75) is 57.7 Å². The average Bonchev–Trinajstić information content (AvgIpc) is 2.82. The minimum Gasteiger partial charge on any atom is -0.480 e. The molecule has 1 aliphatic rings. The Bertz CT molecular complexity index is 302. The minimum atomic E-state index is -0.963. The summed E-state index contributed by atoms with van der Waals surface area (Å²) >= 11 is 0. The maximum absolute atomic E-state index is 11.8. The molecule has 2 N–H and O–H groups in total. The van der Waals surface area contributed by atoms with Crippen LogP contribution in [0.2, 0.25) is 0 Å². The van der Waals surface area contributed by atoms with Crippen LogP contribution in [0.3, 0.4) is 0 Å². The fraction of sp³-hybridized carbons (Fsp3) is 0.818. The van der Waals surface area contributed by atoms with Gasteiger partial charge in [0.15, 0.2) is 0 Å². The fourth-order valence-electron chi connectivity index (χ4n) is 1.38. The molecular weight excluding hydrogens is 210 g/mol. The molecule has 1 saturated carbocycles. The summed E-state index contributed by atoms with van der Waals surface area (Å²) in [6, 6.07) is -0.741. The molecule has 1 rings (SSSR count). The Kier molecular flexibility index (Phi) is 3.28. The first-order valence-electron chi connectivity index (χ1n) is 5.40. The van der Waals surface area contributed by atoms with Crippen LogP contribution in [0, 0.1) is 0 Å². The molecule has 1 atom stereocenters. The number of rotatable bonds is 4. The molecule has 0 saturated heterocycles. The molecule has 0 aromatic rings. The number of hydrogen-bond acceptors (Lipinski definition) is 4. The number of aliphatic carboxylic acids is 1. The summed E-state index contributed by atoms with van der Waals surface area (Å²) in [6.07, 6.45) is 1.28. The standard InChI is InChI=1S/C11H19NO4/c1-7(8(13)14)12-11(5-6-11)9(15)16-10(2,3)4/h7,12H,5-6H2,1-4H3,(H,13,14)/t7-/m0/s1. The lowest BCUT2D eigenvalue weighted by atomic mass is 10.1. The number of esters is 1. The molecule has 0 heterocycles. The van der Waals surface area contributed by atoms with E-state index in [-0.39, 0.29) is 5.97 Å². The quantitative estimate of drug-likeness (QED) is 0.701. The molecule has 5 heteroatoms. The van der Waals surface area contributed by atoms with Gasteiger partial charge >= 0.3 is 11.9 Å². The highest BCUT2D eigenvalue weighted by atomic mass is 16.6. The van der Waals surface area contributed by atoms with E-state index in [2.05, 4.69) is 5.32 Å². The van der Waals surface area contributed by atoms with Crippen LogP contribution in [-0.2, 0) is 14.3 Å². The summed E-state index contributed by atoms with van der Waals surface area (Å²) in [6.45, 7) is 6.90. The molecule has 0 spiro atoms. The molecular formula is C11H19NO4. The molecule has 5 nitrogen and oxygen atoms in total. The van der Waals surface area contributed by atoms with Crippen molar-refractivity contribution in [3.63, 3.8) is 0 Å². The molecule has 0 aromatic carbocycles. The van der Waals surface area contributed by atoms with Crippen molar-refractivity contribution in [3.05, 3.63) is 0 Å². The van der Waals surface area contributed by atoms with Crippen LogP contribution in [0.25, 0.3) is 0 Å². The average molecular weight is 229 g/mol. The smallest absolute Gasteiger partial charge is 0.326 e. The number of carboxylic acid groups (broad SMARTS) is 1. The van der Waals surface area contributed by atoms with Gasteiger partial charge in [-0.2, -0.15) is 0 Å². The SMILES string of the molecule is C[C@H](NC1(C(=O)OC(C)(C)C)CC1)C(=O)O. The van der Waals surface area contributed by atoms with Crippen molar-refractivity contribution in [2.75, 3.05) is 0 Å². The lowest BCUT2D eigenvalue weighted by molar-refractivity contribution is -0.159. The van der Waals surface area contributed by atoms with E-state index in [0.29, 0.717) is 12.8 Å². The number of ether oxygens (including phenoxy) is 1. The molecule has 0 unspecified atom stereocenters. The summed E-state index contributed by atoms with van der Waals surface area (Å²) in [5, 5.41) is 11.6. The largest absolute Gasteiger partial charge is 0.480 e. The minimum absolute atomic E-state index is 0.354. The van der Waals surface area contributed by atoms with E-state index in [1.165, 1.54) is 6.92 Å². The van der Waals surface area contributed by atoms with Gasteiger partial charge in [0.1, 0.15) is 17.2 Å². The Labute approximate surface area is 95.2 Å². The number of nitrogens with one attached hydrogen (secondary N) is 1. The molecule has 1 fully saturated rings. The Hall–Kier alpha value is -1.10. The second-order valence-electron chi connectivity index (χ2n) is 5.29. The summed E-state index contributed by atoms with van der Waals surface area (Å²) in [5.41, 5.74) is -1.31. The van der Waals surface area contributed by atoms with Crippen molar-refractivity contribution in [1.29, 1.82) is 0 Å². The van der Waals surface area contributed by atoms with Crippen LogP contribution >= 0.6 is 0 Å². The van der Waals surface area contributed by atoms with Crippen molar-refractivity contribution >= 4 is 11.9 Å². The van der Waals surface area contributed by atoms with Gasteiger partial charge in [-0.1, -0.05) is 0 Å². The van der Waals surface area contributed by atoms with Crippen molar-refractivity contribution in [1.82, 2.24) is 5.32 Å². The predicted octanol–water partition coefficient (Wildman–Crippen LogP) is 0.923. The van der Waals surface area contributed by atoms with Gasteiger partial charge in [0.25, 0.3) is 0 Å². The van der Waals surface area contributed by atoms with Crippen LogP contribution in [0.5, 0.6) is 0 Å². The van der Waals surface area contributed by atoms with E-state index in [9.17, 15) is 9.59 Å². The third kappa shape index (κ3) is 3.20. The third-order valence-electron chi connectivity index (χ3n) is 2.40. The fourth-order valence-corrected chi connectivity index (χ4v) is 1.38. The van der Waals surface area contributed by atoms with E-state index in [0.717, 1.165) is 0 Å². The van der Waals surface area contributed by atoms with E-state index < -0.39 is 23.2 Å². The van der Waals surface area contributed by atoms with E-state index in [1.54, 1.807) is 20.8 Å². The van der Waals surface area contributed by atoms with Gasteiger partial charge in [-0.05, 0) is 40.5 Å². The van der Waals surface area contributed by atoms with Crippen molar-refractivity contribution < 1.29 is 19.4 Å². The molecule has 0 aliphatic heterocycles. The monoisotopic (exact) mass is 229 g/mol.